The van der Waals surface area contributed by atoms with Gasteiger partial charge in [0.1, 0.15) is 0 Å². The first kappa shape index (κ1) is 22.3. The molecule has 2 heterocycles. The number of fused-ring (bicyclic) bond motifs is 1. The summed E-state index contributed by atoms with van der Waals surface area (Å²) >= 11 is 0. The number of nitrogens with one attached hydrogen (secondary N) is 1. The molecule has 0 bridgehead atoms. The van der Waals surface area contributed by atoms with Crippen LogP contribution in [0.5, 0.6) is 0 Å². The lowest BCUT2D eigenvalue weighted by atomic mass is 9.93. The number of hydrogen-bond donors (Lipinski definition) is 2. The molecule has 1 aliphatic rings. The summed E-state index contributed by atoms with van der Waals surface area (Å²) in [4.78, 5) is 18.0. The first-order chi connectivity index (χ1) is 16.6. The highest BCUT2D eigenvalue weighted by Gasteiger charge is 2.25. The maximum Gasteiger partial charge on any atom is 0.253 e. The molecule has 1 fully saturated rings. The highest BCUT2D eigenvalue weighted by molar-refractivity contribution is 6.06. The minimum absolute atomic E-state index is 0.162. The van der Waals surface area contributed by atoms with E-state index in [0.29, 0.717) is 17.5 Å². The van der Waals surface area contributed by atoms with Crippen LogP contribution in [0, 0.1) is 6.92 Å². The molecule has 0 unspecified atom stereocenters. The Labute approximate surface area is 199 Å². The summed E-state index contributed by atoms with van der Waals surface area (Å²) in [6, 6.07) is 15.9. The standard InChI is InChI=1S/C28H30N4O2/c1-19-21(17-20-10-12-22(13-11-20)32-16-6-15-30-32)18-24(27-23(19)7-5-14-29-27)28(34)31-25-8-3-2-4-9-26(25)33/h5-7,10-16,18,25-26,33H,2-4,8-9,17H2,1H3,(H,31,34)/t25-,26-/m0/s1. The van der Waals surface area contributed by atoms with Crippen LogP contribution in [-0.4, -0.2) is 37.9 Å². The average Bonchev–Trinajstić information content (AvgIpc) is 3.32. The number of pyridine rings is 1. The van der Waals surface area contributed by atoms with Crippen LogP contribution in [0.3, 0.4) is 0 Å². The first-order valence-corrected chi connectivity index (χ1v) is 12.1. The summed E-state index contributed by atoms with van der Waals surface area (Å²) in [5.74, 6) is -0.162. The van der Waals surface area contributed by atoms with Crippen molar-refractivity contribution >= 4 is 16.8 Å². The maximum absolute atomic E-state index is 13.4. The number of hydrogen-bond acceptors (Lipinski definition) is 4. The van der Waals surface area contributed by atoms with E-state index in [-0.39, 0.29) is 11.9 Å². The molecule has 1 aliphatic carbocycles. The maximum atomic E-state index is 13.4. The Hall–Kier alpha value is -3.51. The van der Waals surface area contributed by atoms with E-state index in [1.807, 2.05) is 35.1 Å². The first-order valence-electron chi connectivity index (χ1n) is 12.1. The van der Waals surface area contributed by atoms with Gasteiger partial charge in [-0.05, 0) is 73.2 Å². The second-order valence-corrected chi connectivity index (χ2v) is 9.19. The monoisotopic (exact) mass is 454 g/mol. The number of amides is 1. The number of aromatic nitrogens is 3. The van der Waals surface area contributed by atoms with Gasteiger partial charge in [-0.15, -0.1) is 0 Å². The fourth-order valence-corrected chi connectivity index (χ4v) is 4.91. The highest BCUT2D eigenvalue weighted by Crippen LogP contribution is 2.27. The largest absolute Gasteiger partial charge is 0.391 e. The normalized spacial score (nSPS) is 18.5. The Morgan fingerprint density at radius 3 is 2.71 bits per heavy atom. The molecule has 6 heteroatoms. The van der Waals surface area contributed by atoms with Crippen LogP contribution in [0.2, 0.25) is 0 Å². The van der Waals surface area contributed by atoms with Gasteiger partial charge >= 0.3 is 0 Å². The summed E-state index contributed by atoms with van der Waals surface area (Å²) in [5.41, 5.74) is 5.67. The molecule has 0 spiro atoms. The number of benzene rings is 2. The molecule has 0 aliphatic heterocycles. The van der Waals surface area contributed by atoms with E-state index >= 15 is 0 Å². The van der Waals surface area contributed by atoms with Crippen molar-refractivity contribution in [1.82, 2.24) is 20.1 Å². The van der Waals surface area contributed by atoms with Crippen molar-refractivity contribution in [3.05, 3.63) is 89.4 Å². The number of rotatable bonds is 5. The summed E-state index contributed by atoms with van der Waals surface area (Å²) in [6.45, 7) is 2.09. The second kappa shape index (κ2) is 9.77. The van der Waals surface area contributed by atoms with Crippen molar-refractivity contribution in [2.75, 3.05) is 0 Å². The number of carbonyl (C=O) groups excluding carboxylic acids is 1. The van der Waals surface area contributed by atoms with Crippen molar-refractivity contribution in [3.8, 4) is 5.69 Å². The minimum Gasteiger partial charge on any atom is -0.391 e. The van der Waals surface area contributed by atoms with Crippen LogP contribution in [0.25, 0.3) is 16.6 Å². The van der Waals surface area contributed by atoms with Crippen molar-refractivity contribution < 1.29 is 9.90 Å². The molecule has 6 nitrogen and oxygen atoms in total. The molecule has 5 rings (SSSR count). The van der Waals surface area contributed by atoms with Gasteiger partial charge in [-0.25, -0.2) is 4.68 Å². The van der Waals surface area contributed by atoms with E-state index in [1.165, 1.54) is 0 Å². The smallest absolute Gasteiger partial charge is 0.253 e. The third kappa shape index (κ3) is 4.59. The quantitative estimate of drug-likeness (QED) is 0.427. The SMILES string of the molecule is Cc1c(Cc2ccc(-n3cccn3)cc2)cc(C(=O)N[C@H]2CCCCC[C@@H]2O)c2ncccc12. The van der Waals surface area contributed by atoms with E-state index in [1.54, 1.807) is 12.4 Å². The summed E-state index contributed by atoms with van der Waals surface area (Å²) in [5, 5.41) is 18.9. The van der Waals surface area contributed by atoms with Gasteiger partial charge < -0.3 is 10.4 Å². The summed E-state index contributed by atoms with van der Waals surface area (Å²) in [6.07, 6.45) is 10.3. The van der Waals surface area contributed by atoms with Crippen LogP contribution in [0.15, 0.2) is 67.1 Å². The molecular weight excluding hydrogens is 424 g/mol. The molecule has 4 aromatic rings. The van der Waals surface area contributed by atoms with E-state index in [9.17, 15) is 9.90 Å². The van der Waals surface area contributed by atoms with E-state index in [4.69, 9.17) is 0 Å². The summed E-state index contributed by atoms with van der Waals surface area (Å²) in [7, 11) is 0. The van der Waals surface area contributed by atoms with Gasteiger partial charge in [0, 0.05) is 24.0 Å². The lowest BCUT2D eigenvalue weighted by Crippen LogP contribution is -2.42. The number of nitrogens with zero attached hydrogens (tertiary/aromatic N) is 3. The molecule has 2 atom stereocenters. The molecule has 0 radical (unpaired) electrons. The third-order valence-corrected chi connectivity index (χ3v) is 6.91. The Bertz CT molecular complexity index is 1280. The molecule has 174 valence electrons. The molecule has 2 aromatic carbocycles. The number of carbonyl (C=O) groups is 1. The lowest BCUT2D eigenvalue weighted by Gasteiger charge is -2.22. The molecule has 2 N–H and O–H groups in total. The Balaban J connectivity index is 1.46. The van der Waals surface area contributed by atoms with Gasteiger partial charge in [0.2, 0.25) is 0 Å². The van der Waals surface area contributed by atoms with E-state index in [0.717, 1.165) is 59.9 Å². The molecule has 34 heavy (non-hydrogen) atoms. The molecule has 0 saturated heterocycles. The van der Waals surface area contributed by atoms with Gasteiger partial charge in [0.25, 0.3) is 5.91 Å². The van der Waals surface area contributed by atoms with E-state index < -0.39 is 6.10 Å². The van der Waals surface area contributed by atoms with Crippen molar-refractivity contribution in [3.63, 3.8) is 0 Å². The Morgan fingerprint density at radius 1 is 1.09 bits per heavy atom. The van der Waals surface area contributed by atoms with Crippen LogP contribution >= 0.6 is 0 Å². The van der Waals surface area contributed by atoms with Gasteiger partial charge in [-0.1, -0.05) is 37.5 Å². The van der Waals surface area contributed by atoms with Gasteiger partial charge in [0.05, 0.1) is 28.9 Å². The van der Waals surface area contributed by atoms with Crippen molar-refractivity contribution in [1.29, 1.82) is 0 Å². The lowest BCUT2D eigenvalue weighted by molar-refractivity contribution is 0.0820. The third-order valence-electron chi connectivity index (χ3n) is 6.91. The van der Waals surface area contributed by atoms with Gasteiger partial charge in [0.15, 0.2) is 0 Å². The van der Waals surface area contributed by atoms with Crippen molar-refractivity contribution in [2.24, 2.45) is 0 Å². The predicted molar refractivity (Wildman–Crippen MR) is 133 cm³/mol. The van der Waals surface area contributed by atoms with E-state index in [2.05, 4.69) is 46.6 Å². The zero-order valence-electron chi connectivity index (χ0n) is 19.4. The highest BCUT2D eigenvalue weighted by atomic mass is 16.3. The van der Waals surface area contributed by atoms with Crippen LogP contribution in [0.4, 0.5) is 0 Å². The topological polar surface area (TPSA) is 80.0 Å². The Kier molecular flexibility index (Phi) is 6.41. The summed E-state index contributed by atoms with van der Waals surface area (Å²) < 4.78 is 1.83. The van der Waals surface area contributed by atoms with Crippen LogP contribution < -0.4 is 5.32 Å². The zero-order valence-corrected chi connectivity index (χ0v) is 19.4. The Morgan fingerprint density at radius 2 is 1.91 bits per heavy atom. The van der Waals surface area contributed by atoms with Crippen molar-refractivity contribution in [2.45, 2.75) is 57.6 Å². The number of aryl methyl sites for hydroxylation is 1. The van der Waals surface area contributed by atoms with Gasteiger partial charge in [-0.2, -0.15) is 5.10 Å². The fraction of sp³-hybridized carbons (Fsp3) is 0.321. The number of aliphatic hydroxyl groups excluding tert-OH is 1. The van der Waals surface area contributed by atoms with Gasteiger partial charge in [-0.3, -0.25) is 9.78 Å². The number of aliphatic hydroxyl groups is 1. The molecule has 1 saturated carbocycles. The molecule has 1 amide bonds. The molecular formula is C28H30N4O2. The van der Waals surface area contributed by atoms with Crippen LogP contribution in [-0.2, 0) is 6.42 Å². The predicted octanol–water partition coefficient (Wildman–Crippen LogP) is 4.74. The second-order valence-electron chi connectivity index (χ2n) is 9.19. The average molecular weight is 455 g/mol. The minimum atomic E-state index is -0.496. The van der Waals surface area contributed by atoms with Crippen LogP contribution in [0.1, 0.15) is 59.2 Å². The molecule has 2 aromatic heterocycles. The fourth-order valence-electron chi connectivity index (χ4n) is 4.91. The zero-order chi connectivity index (χ0) is 23.5.